The molecule has 4 heteroatoms. The van der Waals surface area contributed by atoms with Crippen LogP contribution in [0.1, 0.15) is 52.9 Å². The van der Waals surface area contributed by atoms with Crippen LogP contribution in [0.4, 0.5) is 0 Å². The van der Waals surface area contributed by atoms with Gasteiger partial charge in [0.25, 0.3) is 0 Å². The molecular formula is C11H25OPS2. The van der Waals surface area contributed by atoms with Crippen LogP contribution < -0.4 is 0 Å². The molecule has 0 amide bonds. The third-order valence-electron chi connectivity index (χ3n) is 1.79. The molecule has 0 aromatic carbocycles. The van der Waals surface area contributed by atoms with E-state index in [1.165, 1.54) is 37.2 Å². The van der Waals surface area contributed by atoms with Crippen molar-refractivity contribution in [3.63, 3.8) is 0 Å². The molecule has 0 aromatic rings. The predicted octanol–water partition coefficient (Wildman–Crippen LogP) is 5.71. The Morgan fingerprint density at radius 1 is 0.867 bits per heavy atom. The molecule has 15 heavy (non-hydrogen) atoms. The summed E-state index contributed by atoms with van der Waals surface area (Å²) >= 11 is 4.08. The summed E-state index contributed by atoms with van der Waals surface area (Å²) in [6, 6.07) is 0. The minimum atomic E-state index is -0.256. The van der Waals surface area contributed by atoms with E-state index in [9.17, 15) is 0 Å². The van der Waals surface area contributed by atoms with Gasteiger partial charge in [0.1, 0.15) is 0 Å². The molecule has 0 radical (unpaired) electrons. The zero-order chi connectivity index (χ0) is 11.4. The number of hydrogen-bond donors (Lipinski definition) is 0. The van der Waals surface area contributed by atoms with E-state index >= 15 is 0 Å². The van der Waals surface area contributed by atoms with Gasteiger partial charge >= 0.3 is 0 Å². The van der Waals surface area contributed by atoms with E-state index in [0.29, 0.717) is 0 Å². The molecule has 0 saturated carbocycles. The fourth-order valence-electron chi connectivity index (χ4n) is 0.844. The van der Waals surface area contributed by atoms with Crippen LogP contribution in [-0.2, 0) is 4.52 Å². The van der Waals surface area contributed by atoms with Gasteiger partial charge in [0.05, 0.1) is 6.61 Å². The summed E-state index contributed by atoms with van der Waals surface area (Å²) < 4.78 is 5.88. The second kappa shape index (κ2) is 13.2. The average Bonchev–Trinajstić information content (AvgIpc) is 2.25. The Labute approximate surface area is 105 Å². The lowest BCUT2D eigenvalue weighted by Crippen LogP contribution is -1.86. The first-order chi connectivity index (χ1) is 7.35. The molecule has 0 aliphatic carbocycles. The highest BCUT2D eigenvalue weighted by molar-refractivity contribution is 8.86. The highest BCUT2D eigenvalue weighted by Crippen LogP contribution is 2.62. The molecule has 0 saturated heterocycles. The summed E-state index contributed by atoms with van der Waals surface area (Å²) in [6.07, 6.45) is 6.38. The first kappa shape index (κ1) is 16.1. The Balaban J connectivity index is 3.53. The summed E-state index contributed by atoms with van der Waals surface area (Å²) in [5.74, 6) is 2.54. The molecule has 0 unspecified atom stereocenters. The fraction of sp³-hybridized carbons (Fsp3) is 1.00. The van der Waals surface area contributed by atoms with Crippen LogP contribution in [0, 0.1) is 0 Å². The SMILES string of the molecule is CCCCSP(OCCC)SCCCC. The lowest BCUT2D eigenvalue weighted by Gasteiger charge is -2.15. The van der Waals surface area contributed by atoms with Crippen molar-refractivity contribution >= 4 is 29.3 Å². The van der Waals surface area contributed by atoms with Gasteiger partial charge in [-0.3, -0.25) is 0 Å². The standard InChI is InChI=1S/C11H25OPS2/c1-4-7-10-14-13(12-9-6-3)15-11-8-5-2/h4-11H2,1-3H3. The van der Waals surface area contributed by atoms with Crippen molar-refractivity contribution < 1.29 is 4.52 Å². The molecule has 0 fully saturated rings. The van der Waals surface area contributed by atoms with Gasteiger partial charge in [-0.2, -0.15) is 0 Å². The molecule has 0 aliphatic rings. The van der Waals surface area contributed by atoms with Crippen LogP contribution in [0.2, 0.25) is 0 Å². The van der Waals surface area contributed by atoms with E-state index in [-0.39, 0.29) is 6.55 Å². The Morgan fingerprint density at radius 3 is 1.80 bits per heavy atom. The zero-order valence-corrected chi connectivity index (χ0v) is 12.9. The van der Waals surface area contributed by atoms with Gasteiger partial charge in [-0.05, 0) is 19.3 Å². The lowest BCUT2D eigenvalue weighted by atomic mass is 10.4. The first-order valence-corrected chi connectivity index (χ1v) is 10.5. The van der Waals surface area contributed by atoms with E-state index in [4.69, 9.17) is 4.52 Å². The first-order valence-electron chi connectivity index (χ1n) is 6.04. The van der Waals surface area contributed by atoms with Gasteiger partial charge in [-0.25, -0.2) is 0 Å². The Morgan fingerprint density at radius 2 is 1.40 bits per heavy atom. The zero-order valence-electron chi connectivity index (χ0n) is 10.3. The van der Waals surface area contributed by atoms with Gasteiger partial charge in [-0.1, -0.05) is 56.4 Å². The van der Waals surface area contributed by atoms with Crippen molar-refractivity contribution in [2.24, 2.45) is 0 Å². The molecule has 0 heterocycles. The fourth-order valence-corrected chi connectivity index (χ4v) is 7.33. The maximum absolute atomic E-state index is 5.88. The van der Waals surface area contributed by atoms with E-state index in [2.05, 4.69) is 20.8 Å². The van der Waals surface area contributed by atoms with Crippen molar-refractivity contribution in [3.8, 4) is 0 Å². The van der Waals surface area contributed by atoms with Crippen molar-refractivity contribution in [2.45, 2.75) is 52.9 Å². The van der Waals surface area contributed by atoms with Crippen LogP contribution in [0.15, 0.2) is 0 Å². The highest BCUT2D eigenvalue weighted by Gasteiger charge is 2.09. The van der Waals surface area contributed by atoms with Crippen molar-refractivity contribution in [3.05, 3.63) is 0 Å². The second-order valence-electron chi connectivity index (χ2n) is 3.43. The summed E-state index contributed by atoms with van der Waals surface area (Å²) in [6.45, 7) is 7.36. The molecule has 0 bridgehead atoms. The molecule has 0 aromatic heterocycles. The minimum Gasteiger partial charge on any atom is -0.339 e. The quantitative estimate of drug-likeness (QED) is 0.351. The summed E-state index contributed by atoms with van der Waals surface area (Å²) in [4.78, 5) is 0. The summed E-state index contributed by atoms with van der Waals surface area (Å²) in [5.41, 5.74) is 0. The maximum atomic E-state index is 5.88. The van der Waals surface area contributed by atoms with Gasteiger partial charge in [0.15, 0.2) is 6.55 Å². The van der Waals surface area contributed by atoms with Crippen LogP contribution in [0.3, 0.4) is 0 Å². The number of rotatable bonds is 11. The summed E-state index contributed by atoms with van der Waals surface area (Å²) in [5, 5.41) is 0. The minimum absolute atomic E-state index is 0.256. The van der Waals surface area contributed by atoms with E-state index in [0.717, 1.165) is 13.0 Å². The van der Waals surface area contributed by atoms with E-state index < -0.39 is 0 Å². The average molecular weight is 268 g/mol. The topological polar surface area (TPSA) is 9.23 Å². The Hall–Kier alpha value is 1.09. The normalized spacial score (nSPS) is 11.2. The molecular weight excluding hydrogens is 243 g/mol. The lowest BCUT2D eigenvalue weighted by molar-refractivity contribution is 0.366. The Kier molecular flexibility index (Phi) is 14.1. The predicted molar refractivity (Wildman–Crippen MR) is 77.9 cm³/mol. The monoisotopic (exact) mass is 268 g/mol. The third kappa shape index (κ3) is 11.4. The largest absolute Gasteiger partial charge is 0.339 e. The van der Waals surface area contributed by atoms with Gasteiger partial charge in [-0.15, -0.1) is 0 Å². The van der Waals surface area contributed by atoms with Crippen molar-refractivity contribution in [2.75, 3.05) is 18.1 Å². The molecule has 0 atom stereocenters. The second-order valence-corrected chi connectivity index (χ2v) is 9.70. The third-order valence-corrected chi connectivity index (χ3v) is 8.44. The van der Waals surface area contributed by atoms with E-state index in [1.807, 2.05) is 22.8 Å². The van der Waals surface area contributed by atoms with Gasteiger partial charge in [0.2, 0.25) is 0 Å². The van der Waals surface area contributed by atoms with Crippen molar-refractivity contribution in [1.82, 2.24) is 0 Å². The molecule has 0 spiro atoms. The van der Waals surface area contributed by atoms with Crippen molar-refractivity contribution in [1.29, 1.82) is 0 Å². The van der Waals surface area contributed by atoms with E-state index in [1.54, 1.807) is 0 Å². The molecule has 1 nitrogen and oxygen atoms in total. The summed E-state index contributed by atoms with van der Waals surface area (Å²) in [7, 11) is 0. The number of hydrogen-bond acceptors (Lipinski definition) is 3. The smallest absolute Gasteiger partial charge is 0.151 e. The van der Waals surface area contributed by atoms with Gasteiger partial charge in [0, 0.05) is 11.5 Å². The number of unbranched alkanes of at least 4 members (excludes halogenated alkanes) is 2. The van der Waals surface area contributed by atoms with Crippen LogP contribution in [0.25, 0.3) is 0 Å². The highest BCUT2D eigenvalue weighted by atomic mass is 33.1. The molecule has 92 valence electrons. The molecule has 0 rings (SSSR count). The molecule has 0 aliphatic heterocycles. The maximum Gasteiger partial charge on any atom is 0.151 e. The van der Waals surface area contributed by atoms with Crippen LogP contribution in [0.5, 0.6) is 0 Å². The van der Waals surface area contributed by atoms with Crippen LogP contribution >= 0.6 is 29.3 Å². The Bertz CT molecular complexity index is 115. The van der Waals surface area contributed by atoms with Gasteiger partial charge < -0.3 is 4.52 Å². The molecule has 0 N–H and O–H groups in total. The van der Waals surface area contributed by atoms with Crippen LogP contribution in [-0.4, -0.2) is 18.1 Å².